The molecule has 1 aliphatic rings. The molecule has 2 N–H and O–H groups in total. The van der Waals surface area contributed by atoms with Crippen LogP contribution in [0.25, 0.3) is 0 Å². The van der Waals surface area contributed by atoms with Crippen molar-refractivity contribution in [3.05, 3.63) is 94.8 Å². The van der Waals surface area contributed by atoms with Crippen LogP contribution in [0.3, 0.4) is 0 Å². The summed E-state index contributed by atoms with van der Waals surface area (Å²) in [5.41, 5.74) is -1.27. The second-order valence-electron chi connectivity index (χ2n) is 8.26. The van der Waals surface area contributed by atoms with Gasteiger partial charge in [0.1, 0.15) is 5.82 Å². The topological polar surface area (TPSA) is 78.5 Å². The third-order valence-corrected chi connectivity index (χ3v) is 5.71. The molecule has 10 heteroatoms. The number of halogens is 4. The molecule has 0 atom stereocenters. The van der Waals surface area contributed by atoms with Crippen molar-refractivity contribution in [1.82, 2.24) is 4.90 Å². The highest BCUT2D eigenvalue weighted by molar-refractivity contribution is 6.06. The minimum absolute atomic E-state index is 0.0602. The molecule has 3 amide bonds. The quantitative estimate of drug-likeness (QED) is 0.442. The summed E-state index contributed by atoms with van der Waals surface area (Å²) in [6.07, 6.45) is -3.53. The van der Waals surface area contributed by atoms with Crippen LogP contribution in [-0.2, 0) is 17.5 Å². The van der Waals surface area contributed by atoms with Gasteiger partial charge in [-0.05, 0) is 54.4 Å². The first-order valence-electron chi connectivity index (χ1n) is 11.1. The van der Waals surface area contributed by atoms with Crippen LogP contribution in [0.5, 0.6) is 0 Å². The van der Waals surface area contributed by atoms with E-state index in [4.69, 9.17) is 0 Å². The lowest BCUT2D eigenvalue weighted by Gasteiger charge is -2.17. The zero-order valence-corrected chi connectivity index (χ0v) is 18.9. The van der Waals surface area contributed by atoms with E-state index in [-0.39, 0.29) is 22.7 Å². The molecule has 0 saturated carbocycles. The van der Waals surface area contributed by atoms with E-state index in [1.165, 1.54) is 36.4 Å². The van der Waals surface area contributed by atoms with Crippen molar-refractivity contribution in [3.8, 4) is 0 Å². The Balaban J connectivity index is 1.49. The van der Waals surface area contributed by atoms with Gasteiger partial charge in [-0.25, -0.2) is 4.39 Å². The molecule has 1 heterocycles. The lowest BCUT2D eigenvalue weighted by molar-refractivity contribution is -0.137. The van der Waals surface area contributed by atoms with Gasteiger partial charge in [-0.2, -0.15) is 13.2 Å². The zero-order valence-electron chi connectivity index (χ0n) is 18.9. The molecule has 0 aliphatic carbocycles. The van der Waals surface area contributed by atoms with Crippen molar-refractivity contribution in [2.75, 3.05) is 17.2 Å². The maximum Gasteiger partial charge on any atom is 0.418 e. The Labute approximate surface area is 203 Å². The van der Waals surface area contributed by atoms with Crippen molar-refractivity contribution >= 4 is 29.1 Å². The summed E-state index contributed by atoms with van der Waals surface area (Å²) >= 11 is 0. The molecule has 1 saturated heterocycles. The molecule has 6 nitrogen and oxygen atoms in total. The third-order valence-electron chi connectivity index (χ3n) is 5.71. The van der Waals surface area contributed by atoms with E-state index in [9.17, 15) is 31.9 Å². The van der Waals surface area contributed by atoms with Gasteiger partial charge in [-0.3, -0.25) is 14.4 Å². The smallest absolute Gasteiger partial charge is 0.338 e. The van der Waals surface area contributed by atoms with Crippen LogP contribution in [0, 0.1) is 5.82 Å². The number of hydrogen-bond donors (Lipinski definition) is 2. The van der Waals surface area contributed by atoms with E-state index in [0.29, 0.717) is 25.6 Å². The molecule has 4 rings (SSSR count). The minimum Gasteiger partial charge on any atom is -0.338 e. The summed E-state index contributed by atoms with van der Waals surface area (Å²) in [6.45, 7) is 1.07. The van der Waals surface area contributed by atoms with E-state index in [2.05, 4.69) is 10.6 Å². The van der Waals surface area contributed by atoms with Crippen LogP contribution in [-0.4, -0.2) is 29.2 Å². The summed E-state index contributed by atoms with van der Waals surface area (Å²) in [5, 5.41) is 4.50. The highest BCUT2D eigenvalue weighted by Crippen LogP contribution is 2.37. The Bertz CT molecular complexity index is 1310. The fraction of sp³-hybridized carbons (Fsp3) is 0.192. The lowest BCUT2D eigenvalue weighted by Crippen LogP contribution is -2.23. The highest BCUT2D eigenvalue weighted by Gasteiger charge is 2.34. The van der Waals surface area contributed by atoms with E-state index >= 15 is 0 Å². The summed E-state index contributed by atoms with van der Waals surface area (Å²) in [6, 6.07) is 14.2. The number of hydrogen-bond acceptors (Lipinski definition) is 3. The summed E-state index contributed by atoms with van der Waals surface area (Å²) in [5.74, 6) is -2.42. The van der Waals surface area contributed by atoms with Gasteiger partial charge in [0.15, 0.2) is 0 Å². The summed E-state index contributed by atoms with van der Waals surface area (Å²) in [7, 11) is 0. The Morgan fingerprint density at radius 2 is 1.64 bits per heavy atom. The van der Waals surface area contributed by atoms with Gasteiger partial charge in [0.2, 0.25) is 5.91 Å². The van der Waals surface area contributed by atoms with Gasteiger partial charge in [0.25, 0.3) is 11.8 Å². The lowest BCUT2D eigenvalue weighted by atomic mass is 10.1. The Hall–Kier alpha value is -4.21. The van der Waals surface area contributed by atoms with E-state index in [0.717, 1.165) is 24.1 Å². The molecule has 3 aromatic rings. The first-order chi connectivity index (χ1) is 17.1. The van der Waals surface area contributed by atoms with E-state index < -0.39 is 35.1 Å². The van der Waals surface area contributed by atoms with Crippen LogP contribution < -0.4 is 10.6 Å². The summed E-state index contributed by atoms with van der Waals surface area (Å²) < 4.78 is 55.0. The molecule has 3 aromatic carbocycles. The van der Waals surface area contributed by atoms with Crippen LogP contribution in [0.4, 0.5) is 28.9 Å². The first-order valence-corrected chi connectivity index (χ1v) is 11.1. The number of carbonyl (C=O) groups is 3. The molecule has 0 aromatic heterocycles. The second kappa shape index (κ2) is 10.2. The Morgan fingerprint density at radius 1 is 0.917 bits per heavy atom. The number of benzene rings is 3. The van der Waals surface area contributed by atoms with Gasteiger partial charge in [0, 0.05) is 30.8 Å². The average molecular weight is 499 g/mol. The number of amides is 3. The van der Waals surface area contributed by atoms with Crippen LogP contribution in [0.2, 0.25) is 0 Å². The van der Waals surface area contributed by atoms with E-state index in [1.54, 1.807) is 17.0 Å². The molecule has 186 valence electrons. The fourth-order valence-corrected chi connectivity index (χ4v) is 3.86. The maximum atomic E-state index is 13.8. The zero-order chi connectivity index (χ0) is 25.9. The molecule has 0 spiro atoms. The van der Waals surface area contributed by atoms with Gasteiger partial charge in [-0.1, -0.05) is 24.3 Å². The Kier molecular flexibility index (Phi) is 7.05. The van der Waals surface area contributed by atoms with E-state index in [1.807, 2.05) is 0 Å². The molecule has 1 aliphatic heterocycles. The predicted octanol–water partition coefficient (Wildman–Crippen LogP) is 5.47. The molecular weight excluding hydrogens is 478 g/mol. The largest absolute Gasteiger partial charge is 0.418 e. The number of alkyl halides is 3. The predicted molar refractivity (Wildman–Crippen MR) is 125 cm³/mol. The monoisotopic (exact) mass is 499 g/mol. The van der Waals surface area contributed by atoms with Crippen molar-refractivity contribution in [1.29, 1.82) is 0 Å². The Morgan fingerprint density at radius 3 is 2.28 bits per heavy atom. The van der Waals surface area contributed by atoms with Crippen molar-refractivity contribution in [3.63, 3.8) is 0 Å². The molecule has 0 unspecified atom stereocenters. The highest BCUT2D eigenvalue weighted by atomic mass is 19.4. The number of nitrogens with one attached hydrogen (secondary N) is 2. The van der Waals surface area contributed by atoms with Crippen molar-refractivity contribution in [2.24, 2.45) is 0 Å². The van der Waals surface area contributed by atoms with Crippen LogP contribution >= 0.6 is 0 Å². The minimum atomic E-state index is -4.84. The maximum absolute atomic E-state index is 13.8. The van der Waals surface area contributed by atoms with Gasteiger partial charge in [-0.15, -0.1) is 0 Å². The first kappa shape index (κ1) is 24.9. The third kappa shape index (κ3) is 5.70. The SMILES string of the molecule is O=C(Nc1ccc(NC(=O)c2ccccc2F)cc1C(F)(F)F)c1ccc(CN2CCCC2=O)cc1. The van der Waals surface area contributed by atoms with Crippen molar-refractivity contribution < 1.29 is 31.9 Å². The average Bonchev–Trinajstić information content (AvgIpc) is 3.24. The number of anilines is 2. The van der Waals surface area contributed by atoms with Gasteiger partial charge >= 0.3 is 6.18 Å². The van der Waals surface area contributed by atoms with Gasteiger partial charge < -0.3 is 15.5 Å². The van der Waals surface area contributed by atoms with Crippen molar-refractivity contribution in [2.45, 2.75) is 25.6 Å². The molecular formula is C26H21F4N3O3. The molecule has 0 radical (unpaired) electrons. The standard InChI is InChI=1S/C26H21F4N3O3/c27-21-5-2-1-4-19(21)25(36)31-18-11-12-22(20(14-18)26(28,29)30)32-24(35)17-9-7-16(8-10-17)15-33-13-3-6-23(33)34/h1-2,4-5,7-12,14H,3,6,13,15H2,(H,31,36)(H,32,35). The fourth-order valence-electron chi connectivity index (χ4n) is 3.86. The molecule has 0 bridgehead atoms. The number of nitrogens with zero attached hydrogens (tertiary/aromatic N) is 1. The van der Waals surface area contributed by atoms with Gasteiger partial charge in [0.05, 0.1) is 16.8 Å². The normalized spacial score (nSPS) is 13.6. The van der Waals surface area contributed by atoms with Crippen LogP contribution in [0.15, 0.2) is 66.7 Å². The number of rotatable bonds is 6. The second-order valence-corrected chi connectivity index (χ2v) is 8.26. The summed E-state index contributed by atoms with van der Waals surface area (Å²) in [4.78, 5) is 38.4. The molecule has 36 heavy (non-hydrogen) atoms. The number of likely N-dealkylation sites (tertiary alicyclic amines) is 1. The number of carbonyl (C=O) groups excluding carboxylic acids is 3. The molecule has 1 fully saturated rings. The van der Waals surface area contributed by atoms with Crippen LogP contribution in [0.1, 0.15) is 44.7 Å².